The maximum absolute atomic E-state index is 11.7. The van der Waals surface area contributed by atoms with Crippen LogP contribution in [0, 0.1) is 0 Å². The maximum Gasteiger partial charge on any atom is 0.336 e. The van der Waals surface area contributed by atoms with Crippen molar-refractivity contribution in [2.24, 2.45) is 0 Å². The van der Waals surface area contributed by atoms with E-state index >= 15 is 0 Å². The summed E-state index contributed by atoms with van der Waals surface area (Å²) >= 11 is 1.45. The Morgan fingerprint density at radius 3 is 2.68 bits per heavy atom. The largest absolute Gasteiger partial charge is 0.508 e. The first-order chi connectivity index (χ1) is 10.7. The molecule has 0 unspecified atom stereocenters. The van der Waals surface area contributed by atoms with Gasteiger partial charge in [-0.1, -0.05) is 18.7 Å². The highest BCUT2D eigenvalue weighted by molar-refractivity contribution is 7.98. The molecule has 0 saturated carbocycles. The summed E-state index contributed by atoms with van der Waals surface area (Å²) in [6, 6.07) is 6.61. The molecule has 2 aromatic heterocycles. The molecule has 0 amide bonds. The number of nitrogens with zero attached hydrogens (tertiary/aromatic N) is 2. The van der Waals surface area contributed by atoms with Crippen LogP contribution in [-0.4, -0.2) is 15.1 Å². The summed E-state index contributed by atoms with van der Waals surface area (Å²) in [6.45, 7) is 1.96. The van der Waals surface area contributed by atoms with Crippen molar-refractivity contribution >= 4 is 22.7 Å². The van der Waals surface area contributed by atoms with Crippen molar-refractivity contribution in [2.75, 3.05) is 0 Å². The number of phenolic OH excluding ortho intramolecular Hbond substituents is 1. The number of rotatable bonds is 4. The zero-order valence-corrected chi connectivity index (χ0v) is 12.8. The molecule has 0 bridgehead atoms. The van der Waals surface area contributed by atoms with E-state index in [2.05, 4.69) is 9.97 Å². The molecule has 1 aromatic carbocycles. The first kappa shape index (κ1) is 14.6. The van der Waals surface area contributed by atoms with Crippen LogP contribution in [0.4, 0.5) is 0 Å². The number of hydrogen-bond donors (Lipinski definition) is 1. The zero-order valence-electron chi connectivity index (χ0n) is 11.9. The molecular weight excluding hydrogens is 300 g/mol. The monoisotopic (exact) mass is 314 g/mol. The Balaban J connectivity index is 2.02. The van der Waals surface area contributed by atoms with Gasteiger partial charge in [-0.2, -0.15) is 0 Å². The number of thioether (sulfide) groups is 1. The van der Waals surface area contributed by atoms with Crippen molar-refractivity contribution in [3.63, 3.8) is 0 Å². The Labute approximate surface area is 131 Å². The van der Waals surface area contributed by atoms with E-state index in [9.17, 15) is 9.90 Å². The summed E-state index contributed by atoms with van der Waals surface area (Å²) in [5.41, 5.74) is 1.63. The summed E-state index contributed by atoms with van der Waals surface area (Å²) in [5.74, 6) is 0.703. The van der Waals surface area contributed by atoms with Gasteiger partial charge < -0.3 is 9.52 Å². The van der Waals surface area contributed by atoms with Crippen molar-refractivity contribution in [1.82, 2.24) is 9.97 Å². The van der Waals surface area contributed by atoms with Crippen LogP contribution in [0.2, 0.25) is 0 Å². The van der Waals surface area contributed by atoms with E-state index in [1.807, 2.05) is 13.0 Å². The van der Waals surface area contributed by atoms with Gasteiger partial charge in [0.1, 0.15) is 11.3 Å². The van der Waals surface area contributed by atoms with Crippen molar-refractivity contribution in [1.29, 1.82) is 0 Å². The van der Waals surface area contributed by atoms with E-state index in [4.69, 9.17) is 4.42 Å². The van der Waals surface area contributed by atoms with Crippen molar-refractivity contribution in [3.05, 3.63) is 58.2 Å². The van der Waals surface area contributed by atoms with Crippen LogP contribution in [0.5, 0.6) is 5.75 Å². The molecule has 3 rings (SSSR count). The van der Waals surface area contributed by atoms with E-state index in [0.717, 1.165) is 16.5 Å². The van der Waals surface area contributed by atoms with Gasteiger partial charge in [0.2, 0.25) is 0 Å². The van der Waals surface area contributed by atoms with Gasteiger partial charge in [-0.05, 0) is 29.7 Å². The van der Waals surface area contributed by atoms with Crippen LogP contribution in [0.3, 0.4) is 0 Å². The fourth-order valence-electron chi connectivity index (χ4n) is 2.21. The summed E-state index contributed by atoms with van der Waals surface area (Å²) in [6.07, 6.45) is 4.06. The highest BCUT2D eigenvalue weighted by Crippen LogP contribution is 2.29. The lowest BCUT2D eigenvalue weighted by Gasteiger charge is -2.08. The maximum atomic E-state index is 11.7. The highest BCUT2D eigenvalue weighted by atomic mass is 32.2. The Kier molecular flexibility index (Phi) is 4.11. The van der Waals surface area contributed by atoms with Crippen LogP contribution in [0.15, 0.2) is 51.0 Å². The average Bonchev–Trinajstić information content (AvgIpc) is 2.53. The zero-order chi connectivity index (χ0) is 15.5. The molecule has 5 nitrogen and oxygen atoms in total. The van der Waals surface area contributed by atoms with Gasteiger partial charge in [0.15, 0.2) is 5.16 Å². The molecule has 0 atom stereocenters. The second-order valence-corrected chi connectivity index (χ2v) is 5.68. The third kappa shape index (κ3) is 2.96. The SMILES string of the molecule is CCc1cc2c(CSc3ncccn3)cc(=O)oc2cc1O. The number of aromatic hydroxyl groups is 1. The molecular formula is C16H14N2O3S. The van der Waals surface area contributed by atoms with E-state index in [1.54, 1.807) is 18.5 Å². The molecule has 1 N–H and O–H groups in total. The van der Waals surface area contributed by atoms with Gasteiger partial charge in [0.05, 0.1) is 0 Å². The first-order valence-corrected chi connectivity index (χ1v) is 7.84. The molecule has 6 heteroatoms. The van der Waals surface area contributed by atoms with Gasteiger partial charge in [-0.3, -0.25) is 0 Å². The number of hydrogen-bond acceptors (Lipinski definition) is 6. The quantitative estimate of drug-likeness (QED) is 0.453. The van der Waals surface area contributed by atoms with E-state index in [0.29, 0.717) is 22.9 Å². The standard InChI is InChI=1S/C16H14N2O3S/c1-2-10-6-12-11(9-22-16-17-4-3-5-18-16)7-15(20)21-14(12)8-13(10)19/h3-8,19H,2,9H2,1H3. The summed E-state index contributed by atoms with van der Waals surface area (Å²) in [5, 5.41) is 11.4. The normalized spacial score (nSPS) is 11.0. The van der Waals surface area contributed by atoms with Crippen molar-refractivity contribution in [3.8, 4) is 5.75 Å². The molecule has 112 valence electrons. The molecule has 22 heavy (non-hydrogen) atoms. The lowest BCUT2D eigenvalue weighted by Crippen LogP contribution is -2.01. The first-order valence-electron chi connectivity index (χ1n) is 6.86. The Hall–Kier alpha value is -2.34. The van der Waals surface area contributed by atoms with Gasteiger partial charge in [0.25, 0.3) is 0 Å². The topological polar surface area (TPSA) is 76.2 Å². The highest BCUT2D eigenvalue weighted by Gasteiger charge is 2.10. The number of fused-ring (bicyclic) bond motifs is 1. The minimum atomic E-state index is -0.430. The van der Waals surface area contributed by atoms with Crippen LogP contribution >= 0.6 is 11.8 Å². The van der Waals surface area contributed by atoms with Crippen LogP contribution in [-0.2, 0) is 12.2 Å². The lowest BCUT2D eigenvalue weighted by atomic mass is 10.1. The number of aryl methyl sites for hydroxylation is 1. The van der Waals surface area contributed by atoms with Crippen LogP contribution in [0.1, 0.15) is 18.1 Å². The third-order valence-corrected chi connectivity index (χ3v) is 4.23. The minimum Gasteiger partial charge on any atom is -0.508 e. The second-order valence-electron chi connectivity index (χ2n) is 4.74. The molecule has 3 aromatic rings. The van der Waals surface area contributed by atoms with Crippen molar-refractivity contribution < 1.29 is 9.52 Å². The summed E-state index contributed by atoms with van der Waals surface area (Å²) < 4.78 is 5.18. The Bertz CT molecular complexity index is 862. The second kappa shape index (κ2) is 6.19. The number of aromatic nitrogens is 2. The number of benzene rings is 1. The fraction of sp³-hybridized carbons (Fsp3) is 0.188. The van der Waals surface area contributed by atoms with Gasteiger partial charge in [-0.25, -0.2) is 14.8 Å². The third-order valence-electron chi connectivity index (χ3n) is 3.31. The van der Waals surface area contributed by atoms with Crippen molar-refractivity contribution in [2.45, 2.75) is 24.3 Å². The predicted molar refractivity (Wildman–Crippen MR) is 85.1 cm³/mol. The molecule has 0 spiro atoms. The predicted octanol–water partition coefficient (Wildman–Crippen LogP) is 3.14. The van der Waals surface area contributed by atoms with E-state index in [-0.39, 0.29) is 5.75 Å². The summed E-state index contributed by atoms with van der Waals surface area (Å²) in [4.78, 5) is 20.0. The van der Waals surface area contributed by atoms with Crippen LogP contribution < -0.4 is 5.63 Å². The molecule has 0 aliphatic heterocycles. The minimum absolute atomic E-state index is 0.148. The summed E-state index contributed by atoms with van der Waals surface area (Å²) in [7, 11) is 0. The van der Waals surface area contributed by atoms with Gasteiger partial charge in [0, 0.05) is 35.7 Å². The molecule has 0 saturated heterocycles. The van der Waals surface area contributed by atoms with E-state index < -0.39 is 5.63 Å². The van der Waals surface area contributed by atoms with E-state index in [1.165, 1.54) is 23.9 Å². The molecule has 0 aliphatic rings. The van der Waals surface area contributed by atoms with Gasteiger partial charge >= 0.3 is 5.63 Å². The Morgan fingerprint density at radius 1 is 1.18 bits per heavy atom. The smallest absolute Gasteiger partial charge is 0.336 e. The number of phenols is 1. The molecule has 0 radical (unpaired) electrons. The Morgan fingerprint density at radius 2 is 1.95 bits per heavy atom. The average molecular weight is 314 g/mol. The molecule has 0 aliphatic carbocycles. The van der Waals surface area contributed by atoms with Gasteiger partial charge in [-0.15, -0.1) is 0 Å². The molecule has 2 heterocycles. The van der Waals surface area contributed by atoms with Crippen LogP contribution in [0.25, 0.3) is 11.0 Å². The lowest BCUT2D eigenvalue weighted by molar-refractivity contribution is 0.466. The fourth-order valence-corrected chi connectivity index (χ4v) is 3.01. The molecule has 0 fully saturated rings.